The predicted octanol–water partition coefficient (Wildman–Crippen LogP) is -0.580. The van der Waals surface area contributed by atoms with E-state index in [0.29, 0.717) is 12.4 Å². The SMILES string of the molecule is CCn1cc(S(=O)(=O)N2C[C@H](O)C[C@@H]2C(=O)O)nc1C. The molecule has 9 heteroatoms. The Hall–Kier alpha value is -1.45. The largest absolute Gasteiger partial charge is 0.480 e. The lowest BCUT2D eigenvalue weighted by Gasteiger charge is -2.19. The lowest BCUT2D eigenvalue weighted by atomic mass is 10.2. The van der Waals surface area contributed by atoms with Crippen LogP contribution < -0.4 is 0 Å². The smallest absolute Gasteiger partial charge is 0.322 e. The van der Waals surface area contributed by atoms with Crippen molar-refractivity contribution >= 4 is 16.0 Å². The molecule has 0 spiro atoms. The average Bonchev–Trinajstić information content (AvgIpc) is 2.93. The summed E-state index contributed by atoms with van der Waals surface area (Å²) in [6.45, 7) is 3.87. The molecule has 2 N–H and O–H groups in total. The minimum atomic E-state index is -4.02. The van der Waals surface area contributed by atoms with Gasteiger partial charge in [0, 0.05) is 25.7 Å². The third-order valence-corrected chi connectivity index (χ3v) is 5.13. The fourth-order valence-corrected chi connectivity index (χ4v) is 3.95. The van der Waals surface area contributed by atoms with Crippen LogP contribution in [0.5, 0.6) is 0 Å². The van der Waals surface area contributed by atoms with Gasteiger partial charge in [-0.05, 0) is 13.8 Å². The van der Waals surface area contributed by atoms with Crippen LogP contribution in [-0.4, -0.2) is 57.1 Å². The van der Waals surface area contributed by atoms with Crippen LogP contribution in [-0.2, 0) is 21.4 Å². The Morgan fingerprint density at radius 2 is 2.20 bits per heavy atom. The number of aliphatic carboxylic acids is 1. The van der Waals surface area contributed by atoms with E-state index in [9.17, 15) is 18.3 Å². The fourth-order valence-electron chi connectivity index (χ4n) is 2.32. The minimum Gasteiger partial charge on any atom is -0.480 e. The molecule has 0 radical (unpaired) electrons. The molecule has 1 saturated heterocycles. The number of carbonyl (C=O) groups is 1. The maximum Gasteiger partial charge on any atom is 0.322 e. The van der Waals surface area contributed by atoms with Crippen LogP contribution in [0, 0.1) is 6.92 Å². The molecule has 1 aromatic rings. The monoisotopic (exact) mass is 303 g/mol. The molecule has 112 valence electrons. The van der Waals surface area contributed by atoms with Gasteiger partial charge in [-0.2, -0.15) is 4.31 Å². The quantitative estimate of drug-likeness (QED) is 0.769. The highest BCUT2D eigenvalue weighted by Crippen LogP contribution is 2.26. The highest BCUT2D eigenvalue weighted by atomic mass is 32.2. The van der Waals surface area contributed by atoms with Gasteiger partial charge in [0.1, 0.15) is 11.9 Å². The molecule has 0 bridgehead atoms. The number of aromatic nitrogens is 2. The number of aliphatic hydroxyl groups excluding tert-OH is 1. The summed E-state index contributed by atoms with van der Waals surface area (Å²) in [5, 5.41) is 18.4. The van der Waals surface area contributed by atoms with E-state index in [0.717, 1.165) is 4.31 Å². The van der Waals surface area contributed by atoms with Crippen molar-refractivity contribution in [3.05, 3.63) is 12.0 Å². The summed E-state index contributed by atoms with van der Waals surface area (Å²) in [5.41, 5.74) is 0. The Morgan fingerprint density at radius 1 is 1.55 bits per heavy atom. The number of sulfonamides is 1. The van der Waals surface area contributed by atoms with Gasteiger partial charge in [-0.15, -0.1) is 0 Å². The van der Waals surface area contributed by atoms with Gasteiger partial charge in [-0.1, -0.05) is 0 Å². The lowest BCUT2D eigenvalue weighted by Crippen LogP contribution is -2.40. The molecule has 1 aliphatic heterocycles. The Balaban J connectivity index is 2.40. The number of rotatable bonds is 4. The summed E-state index contributed by atoms with van der Waals surface area (Å²) < 4.78 is 27.4. The number of β-amino-alcohol motifs (C(OH)–C–C–N with tert-alkyl or cyclic N) is 1. The van der Waals surface area contributed by atoms with Crippen molar-refractivity contribution in [3.8, 4) is 0 Å². The summed E-state index contributed by atoms with van der Waals surface area (Å²) >= 11 is 0. The first-order chi connectivity index (χ1) is 9.27. The van der Waals surface area contributed by atoms with Gasteiger partial charge in [-0.3, -0.25) is 4.79 Å². The summed E-state index contributed by atoms with van der Waals surface area (Å²) in [7, 11) is -4.02. The van der Waals surface area contributed by atoms with Gasteiger partial charge in [0.05, 0.1) is 6.10 Å². The van der Waals surface area contributed by atoms with E-state index >= 15 is 0 Å². The van der Waals surface area contributed by atoms with E-state index in [4.69, 9.17) is 5.11 Å². The van der Waals surface area contributed by atoms with Gasteiger partial charge in [0.25, 0.3) is 10.0 Å². The second-order valence-electron chi connectivity index (χ2n) is 4.73. The maximum absolute atomic E-state index is 12.5. The molecule has 20 heavy (non-hydrogen) atoms. The topological polar surface area (TPSA) is 113 Å². The normalized spacial score (nSPS) is 24.1. The van der Waals surface area contributed by atoms with Crippen LogP contribution in [0.15, 0.2) is 11.2 Å². The van der Waals surface area contributed by atoms with Gasteiger partial charge in [0.2, 0.25) is 0 Å². The molecule has 2 atom stereocenters. The minimum absolute atomic E-state index is 0.109. The summed E-state index contributed by atoms with van der Waals surface area (Å²) in [6, 6.07) is -1.25. The zero-order chi connectivity index (χ0) is 15.1. The molecule has 0 unspecified atom stereocenters. The van der Waals surface area contributed by atoms with Crippen molar-refractivity contribution in [3.63, 3.8) is 0 Å². The Morgan fingerprint density at radius 3 is 2.70 bits per heavy atom. The van der Waals surface area contributed by atoms with Gasteiger partial charge in [-0.25, -0.2) is 13.4 Å². The highest BCUT2D eigenvalue weighted by molar-refractivity contribution is 7.89. The number of hydrogen-bond donors (Lipinski definition) is 2. The summed E-state index contributed by atoms with van der Waals surface area (Å²) in [6.07, 6.45) is 0.302. The van der Waals surface area contributed by atoms with Crippen LogP contribution in [0.1, 0.15) is 19.2 Å². The molecule has 0 aliphatic carbocycles. The van der Waals surface area contributed by atoms with Gasteiger partial charge < -0.3 is 14.8 Å². The van der Waals surface area contributed by atoms with Crippen molar-refractivity contribution < 1.29 is 23.4 Å². The summed E-state index contributed by atoms with van der Waals surface area (Å²) in [5.74, 6) is -0.727. The van der Waals surface area contributed by atoms with Crippen LogP contribution in [0.4, 0.5) is 0 Å². The number of imidazole rings is 1. The van der Waals surface area contributed by atoms with E-state index in [1.807, 2.05) is 6.92 Å². The molecular formula is C11H17N3O5S. The number of hydrogen-bond acceptors (Lipinski definition) is 5. The van der Waals surface area contributed by atoms with Crippen LogP contribution in [0.3, 0.4) is 0 Å². The fraction of sp³-hybridized carbons (Fsp3) is 0.636. The van der Waals surface area contributed by atoms with E-state index in [-0.39, 0.29) is 18.0 Å². The third-order valence-electron chi connectivity index (χ3n) is 3.39. The van der Waals surface area contributed by atoms with Gasteiger partial charge >= 0.3 is 5.97 Å². The first kappa shape index (κ1) is 14.9. The van der Waals surface area contributed by atoms with E-state index in [1.54, 1.807) is 11.5 Å². The van der Waals surface area contributed by atoms with Crippen LogP contribution in [0.25, 0.3) is 0 Å². The Labute approximate surface area is 116 Å². The van der Waals surface area contributed by atoms with Crippen molar-refractivity contribution in [1.29, 1.82) is 0 Å². The first-order valence-corrected chi connectivity index (χ1v) is 7.67. The molecule has 1 fully saturated rings. The number of carboxylic acid groups (broad SMARTS) is 1. The zero-order valence-corrected chi connectivity index (χ0v) is 12.0. The van der Waals surface area contributed by atoms with Crippen LogP contribution in [0.2, 0.25) is 0 Å². The average molecular weight is 303 g/mol. The molecular weight excluding hydrogens is 286 g/mol. The van der Waals surface area contributed by atoms with Gasteiger partial charge in [0.15, 0.2) is 5.03 Å². The third kappa shape index (κ3) is 2.43. The molecule has 2 heterocycles. The first-order valence-electron chi connectivity index (χ1n) is 6.23. The van der Waals surface area contributed by atoms with E-state index < -0.39 is 28.1 Å². The van der Waals surface area contributed by atoms with Crippen LogP contribution >= 0.6 is 0 Å². The number of aryl methyl sites for hydroxylation is 2. The molecule has 0 aromatic carbocycles. The maximum atomic E-state index is 12.5. The Bertz CT molecular complexity index is 624. The second kappa shape index (κ2) is 5.15. The van der Waals surface area contributed by atoms with Crippen molar-refractivity contribution in [2.24, 2.45) is 0 Å². The summed E-state index contributed by atoms with van der Waals surface area (Å²) in [4.78, 5) is 15.1. The molecule has 0 amide bonds. The number of nitrogens with zero attached hydrogens (tertiary/aromatic N) is 3. The molecule has 0 saturated carbocycles. The molecule has 8 nitrogen and oxygen atoms in total. The highest BCUT2D eigenvalue weighted by Gasteiger charge is 2.44. The number of carboxylic acids is 1. The molecule has 1 aromatic heterocycles. The van der Waals surface area contributed by atoms with Crippen molar-refractivity contribution in [1.82, 2.24) is 13.9 Å². The Kier molecular flexibility index (Phi) is 3.85. The lowest BCUT2D eigenvalue weighted by molar-refractivity contribution is -0.140. The zero-order valence-electron chi connectivity index (χ0n) is 11.2. The molecule has 1 aliphatic rings. The number of aliphatic hydroxyl groups is 1. The van der Waals surface area contributed by atoms with E-state index in [2.05, 4.69) is 4.98 Å². The van der Waals surface area contributed by atoms with Crippen molar-refractivity contribution in [2.45, 2.75) is 44.0 Å². The standard InChI is InChI=1S/C11H17N3O5S/c1-3-13-6-10(12-7(13)2)20(18,19)14-5-8(15)4-9(14)11(16)17/h6,8-9,15H,3-5H2,1-2H3,(H,16,17)/t8-,9-/m1/s1. The van der Waals surface area contributed by atoms with E-state index in [1.165, 1.54) is 6.20 Å². The van der Waals surface area contributed by atoms with Crippen molar-refractivity contribution in [2.75, 3.05) is 6.54 Å². The second-order valence-corrected chi connectivity index (χ2v) is 6.57. The predicted molar refractivity (Wildman–Crippen MR) is 68.6 cm³/mol. The molecule has 2 rings (SSSR count).